The van der Waals surface area contributed by atoms with Gasteiger partial charge in [0.15, 0.2) is 0 Å². The van der Waals surface area contributed by atoms with Crippen molar-refractivity contribution in [1.29, 1.82) is 0 Å². The highest BCUT2D eigenvalue weighted by Crippen LogP contribution is 2.34. The normalized spacial score (nSPS) is 18.3. The molecule has 1 saturated heterocycles. The molecule has 0 radical (unpaired) electrons. The Morgan fingerprint density at radius 1 is 1.26 bits per heavy atom. The minimum absolute atomic E-state index is 0.160. The van der Waals surface area contributed by atoms with Gasteiger partial charge in [0.2, 0.25) is 0 Å². The standard InChI is InChI=1S/C17H24ClN3OS/c1-20-10-11-21(17(20)22)9-2-12-23-16-14-6-8-19-7-5-13(14)3-4-15(16)18/h3-4,19H,2,5-12H2,1H3. The van der Waals surface area contributed by atoms with Gasteiger partial charge in [-0.15, -0.1) is 11.8 Å². The van der Waals surface area contributed by atoms with Crippen molar-refractivity contribution >= 4 is 29.4 Å². The smallest absolute Gasteiger partial charge is 0.319 e. The summed E-state index contributed by atoms with van der Waals surface area (Å²) in [4.78, 5) is 16.8. The summed E-state index contributed by atoms with van der Waals surface area (Å²) in [5.74, 6) is 0.997. The topological polar surface area (TPSA) is 35.6 Å². The van der Waals surface area contributed by atoms with Crippen molar-refractivity contribution in [2.75, 3.05) is 45.5 Å². The Kier molecular flexibility index (Phi) is 5.72. The average molecular weight is 354 g/mol. The predicted molar refractivity (Wildman–Crippen MR) is 96.7 cm³/mol. The SMILES string of the molecule is CN1CCN(CCCSc2c(Cl)ccc3c2CCNCC3)C1=O. The van der Waals surface area contributed by atoms with Crippen LogP contribution in [-0.2, 0) is 12.8 Å². The fourth-order valence-electron chi connectivity index (χ4n) is 3.21. The number of carbonyl (C=O) groups is 1. The highest BCUT2D eigenvalue weighted by atomic mass is 35.5. The number of urea groups is 1. The van der Waals surface area contributed by atoms with Gasteiger partial charge in [-0.2, -0.15) is 0 Å². The van der Waals surface area contributed by atoms with Crippen molar-refractivity contribution in [3.63, 3.8) is 0 Å². The number of fused-ring (bicyclic) bond motifs is 1. The molecule has 0 bridgehead atoms. The van der Waals surface area contributed by atoms with Gasteiger partial charge in [0, 0.05) is 31.6 Å². The maximum atomic E-state index is 11.9. The lowest BCUT2D eigenvalue weighted by molar-refractivity contribution is 0.199. The number of nitrogens with one attached hydrogen (secondary N) is 1. The first kappa shape index (κ1) is 16.9. The largest absolute Gasteiger partial charge is 0.326 e. The summed E-state index contributed by atoms with van der Waals surface area (Å²) in [7, 11) is 1.87. The number of carbonyl (C=O) groups excluding carboxylic acids is 1. The van der Waals surface area contributed by atoms with Gasteiger partial charge in [0.25, 0.3) is 0 Å². The van der Waals surface area contributed by atoms with Crippen LogP contribution in [0.15, 0.2) is 17.0 Å². The quantitative estimate of drug-likeness (QED) is 0.653. The molecule has 3 rings (SSSR count). The van der Waals surface area contributed by atoms with E-state index < -0.39 is 0 Å². The fourth-order valence-corrected chi connectivity index (χ4v) is 4.64. The van der Waals surface area contributed by atoms with Gasteiger partial charge in [-0.1, -0.05) is 17.7 Å². The highest BCUT2D eigenvalue weighted by molar-refractivity contribution is 7.99. The molecule has 1 N–H and O–H groups in total. The number of rotatable bonds is 5. The molecular weight excluding hydrogens is 330 g/mol. The Balaban J connectivity index is 1.57. The van der Waals surface area contributed by atoms with Crippen LogP contribution in [0.5, 0.6) is 0 Å². The third-order valence-electron chi connectivity index (χ3n) is 4.55. The summed E-state index contributed by atoms with van der Waals surface area (Å²) >= 11 is 8.30. The first-order valence-electron chi connectivity index (χ1n) is 8.30. The van der Waals surface area contributed by atoms with Crippen LogP contribution in [0.1, 0.15) is 17.5 Å². The Morgan fingerprint density at radius 3 is 2.87 bits per heavy atom. The van der Waals surface area contributed by atoms with Crippen LogP contribution in [0.2, 0.25) is 5.02 Å². The first-order valence-corrected chi connectivity index (χ1v) is 9.67. The zero-order valence-corrected chi connectivity index (χ0v) is 15.2. The van der Waals surface area contributed by atoms with E-state index in [0.717, 1.165) is 62.8 Å². The van der Waals surface area contributed by atoms with Gasteiger partial charge < -0.3 is 15.1 Å². The molecular formula is C17H24ClN3OS. The lowest BCUT2D eigenvalue weighted by Crippen LogP contribution is -2.30. The highest BCUT2D eigenvalue weighted by Gasteiger charge is 2.24. The van der Waals surface area contributed by atoms with Gasteiger partial charge in [-0.25, -0.2) is 4.79 Å². The molecule has 1 fully saturated rings. The lowest BCUT2D eigenvalue weighted by Gasteiger charge is -2.17. The second kappa shape index (κ2) is 7.77. The summed E-state index contributed by atoms with van der Waals surface area (Å²) in [6.07, 6.45) is 3.13. The van der Waals surface area contributed by atoms with E-state index in [0.29, 0.717) is 0 Å². The average Bonchev–Trinajstić information content (AvgIpc) is 2.76. The maximum absolute atomic E-state index is 11.9. The summed E-state index contributed by atoms with van der Waals surface area (Å²) < 4.78 is 0. The number of amides is 2. The molecule has 0 spiro atoms. The van der Waals surface area contributed by atoms with E-state index in [1.165, 1.54) is 16.0 Å². The van der Waals surface area contributed by atoms with Crippen LogP contribution in [-0.4, -0.2) is 61.4 Å². The monoisotopic (exact) mass is 353 g/mol. The summed E-state index contributed by atoms with van der Waals surface area (Å²) in [6.45, 7) is 4.60. The van der Waals surface area contributed by atoms with Gasteiger partial charge in [-0.3, -0.25) is 0 Å². The van der Waals surface area contributed by atoms with Crippen LogP contribution in [0.4, 0.5) is 4.79 Å². The summed E-state index contributed by atoms with van der Waals surface area (Å²) in [5.41, 5.74) is 2.85. The Labute approximate surface area is 147 Å². The minimum atomic E-state index is 0.160. The third kappa shape index (κ3) is 3.95. The molecule has 0 atom stereocenters. The van der Waals surface area contributed by atoms with Crippen LogP contribution < -0.4 is 5.32 Å². The van der Waals surface area contributed by atoms with Crippen molar-refractivity contribution in [1.82, 2.24) is 15.1 Å². The molecule has 126 valence electrons. The maximum Gasteiger partial charge on any atom is 0.319 e. The molecule has 1 aromatic carbocycles. The molecule has 0 aliphatic carbocycles. The molecule has 23 heavy (non-hydrogen) atoms. The van der Waals surface area contributed by atoms with Crippen molar-refractivity contribution in [3.8, 4) is 0 Å². The first-order chi connectivity index (χ1) is 11.2. The van der Waals surface area contributed by atoms with E-state index in [4.69, 9.17) is 11.6 Å². The van der Waals surface area contributed by atoms with Gasteiger partial charge in [0.05, 0.1) is 5.02 Å². The number of hydrogen-bond donors (Lipinski definition) is 1. The number of thioether (sulfide) groups is 1. The molecule has 2 heterocycles. The van der Waals surface area contributed by atoms with Crippen molar-refractivity contribution in [3.05, 3.63) is 28.3 Å². The van der Waals surface area contributed by atoms with E-state index in [1.54, 1.807) is 4.90 Å². The molecule has 6 heteroatoms. The number of halogens is 1. The summed E-state index contributed by atoms with van der Waals surface area (Å²) in [6, 6.07) is 4.37. The molecule has 0 unspecified atom stereocenters. The summed E-state index contributed by atoms with van der Waals surface area (Å²) in [5, 5.41) is 4.32. The number of hydrogen-bond acceptors (Lipinski definition) is 3. The zero-order valence-electron chi connectivity index (χ0n) is 13.6. The second-order valence-corrected chi connectivity index (χ2v) is 7.67. The van der Waals surface area contributed by atoms with Crippen LogP contribution in [0, 0.1) is 0 Å². The number of nitrogens with zero attached hydrogens (tertiary/aromatic N) is 2. The molecule has 0 aromatic heterocycles. The van der Waals surface area contributed by atoms with E-state index in [2.05, 4.69) is 11.4 Å². The molecule has 1 aromatic rings. The van der Waals surface area contributed by atoms with Crippen molar-refractivity contribution in [2.24, 2.45) is 0 Å². The minimum Gasteiger partial charge on any atom is -0.326 e. The van der Waals surface area contributed by atoms with E-state index in [1.807, 2.05) is 29.8 Å². The number of benzene rings is 1. The van der Waals surface area contributed by atoms with Gasteiger partial charge in [0.1, 0.15) is 0 Å². The Bertz CT molecular complexity index is 581. The number of likely N-dealkylation sites (N-methyl/N-ethyl adjacent to an activating group) is 1. The van der Waals surface area contributed by atoms with Crippen LogP contribution in [0.25, 0.3) is 0 Å². The van der Waals surface area contributed by atoms with Crippen LogP contribution >= 0.6 is 23.4 Å². The van der Waals surface area contributed by atoms with Crippen molar-refractivity contribution in [2.45, 2.75) is 24.2 Å². The van der Waals surface area contributed by atoms with E-state index >= 15 is 0 Å². The molecule has 0 saturated carbocycles. The molecule has 4 nitrogen and oxygen atoms in total. The lowest BCUT2D eigenvalue weighted by atomic mass is 10.0. The van der Waals surface area contributed by atoms with E-state index in [-0.39, 0.29) is 6.03 Å². The Hall–Kier alpha value is -0.910. The molecule has 2 aliphatic rings. The predicted octanol–water partition coefficient (Wildman–Crippen LogP) is 2.88. The zero-order chi connectivity index (χ0) is 16.2. The third-order valence-corrected chi connectivity index (χ3v) is 6.23. The molecule has 2 aliphatic heterocycles. The molecule has 2 amide bonds. The second-order valence-electron chi connectivity index (χ2n) is 6.16. The Morgan fingerprint density at radius 2 is 2.09 bits per heavy atom. The van der Waals surface area contributed by atoms with Crippen LogP contribution in [0.3, 0.4) is 0 Å². The van der Waals surface area contributed by atoms with E-state index in [9.17, 15) is 4.79 Å². The van der Waals surface area contributed by atoms with Crippen molar-refractivity contribution < 1.29 is 4.79 Å². The van der Waals surface area contributed by atoms with Gasteiger partial charge in [-0.05, 0) is 55.3 Å². The van der Waals surface area contributed by atoms with Gasteiger partial charge >= 0.3 is 6.03 Å². The fraction of sp³-hybridized carbons (Fsp3) is 0.588.